The third-order valence-corrected chi connectivity index (χ3v) is 7.37. The number of hydrogen-bond donors (Lipinski definition) is 0. The number of nitrogens with zero attached hydrogens (tertiary/aromatic N) is 2. The SMILES string of the molecule is COc1ccc(N2CCN(S(=O)(=O)c3ccc(Oc4ccccc4C)cc3)CC2)cc1. The van der Waals surface area contributed by atoms with Crippen LogP contribution >= 0.6 is 0 Å². The van der Waals surface area contributed by atoms with Gasteiger partial charge in [-0.25, -0.2) is 8.42 Å². The molecule has 0 unspecified atom stereocenters. The molecule has 1 heterocycles. The molecule has 31 heavy (non-hydrogen) atoms. The summed E-state index contributed by atoms with van der Waals surface area (Å²) in [4.78, 5) is 2.47. The lowest BCUT2D eigenvalue weighted by molar-refractivity contribution is 0.384. The van der Waals surface area contributed by atoms with E-state index in [0.29, 0.717) is 31.9 Å². The zero-order valence-electron chi connectivity index (χ0n) is 17.7. The molecule has 0 radical (unpaired) electrons. The van der Waals surface area contributed by atoms with Crippen molar-refractivity contribution >= 4 is 15.7 Å². The van der Waals surface area contributed by atoms with Crippen LogP contribution in [0, 0.1) is 6.92 Å². The molecule has 0 aromatic heterocycles. The number of sulfonamides is 1. The fourth-order valence-corrected chi connectivity index (χ4v) is 5.03. The van der Waals surface area contributed by atoms with Crippen LogP contribution in [0.3, 0.4) is 0 Å². The maximum atomic E-state index is 13.1. The molecular weight excluding hydrogens is 412 g/mol. The highest BCUT2D eigenvalue weighted by Gasteiger charge is 2.28. The summed E-state index contributed by atoms with van der Waals surface area (Å²) < 4.78 is 38.8. The zero-order valence-corrected chi connectivity index (χ0v) is 18.5. The number of piperazine rings is 1. The summed E-state index contributed by atoms with van der Waals surface area (Å²) >= 11 is 0. The number of hydrogen-bond acceptors (Lipinski definition) is 5. The number of aryl methyl sites for hydroxylation is 1. The van der Waals surface area contributed by atoms with Crippen LogP contribution in [-0.2, 0) is 10.0 Å². The minimum absolute atomic E-state index is 0.280. The Kier molecular flexibility index (Phi) is 6.15. The van der Waals surface area contributed by atoms with E-state index in [2.05, 4.69) is 4.90 Å². The van der Waals surface area contributed by atoms with Crippen LogP contribution in [0.4, 0.5) is 5.69 Å². The topological polar surface area (TPSA) is 59.1 Å². The van der Waals surface area contributed by atoms with Gasteiger partial charge in [-0.15, -0.1) is 0 Å². The monoisotopic (exact) mass is 438 g/mol. The van der Waals surface area contributed by atoms with Crippen LogP contribution in [0.25, 0.3) is 0 Å². The first-order chi connectivity index (χ1) is 15.0. The predicted molar refractivity (Wildman–Crippen MR) is 122 cm³/mol. The van der Waals surface area contributed by atoms with E-state index in [1.807, 2.05) is 55.5 Å². The minimum Gasteiger partial charge on any atom is -0.497 e. The normalized spacial score (nSPS) is 15.0. The minimum atomic E-state index is -3.54. The first-order valence-electron chi connectivity index (χ1n) is 10.2. The maximum absolute atomic E-state index is 13.1. The molecule has 6 nitrogen and oxygen atoms in total. The summed E-state index contributed by atoms with van der Waals surface area (Å²) in [6.07, 6.45) is 0. The quantitative estimate of drug-likeness (QED) is 0.574. The van der Waals surface area contributed by atoms with E-state index in [9.17, 15) is 8.42 Å². The summed E-state index contributed by atoms with van der Waals surface area (Å²) in [6, 6.07) is 22.2. The van der Waals surface area contributed by atoms with Gasteiger partial charge in [0.2, 0.25) is 10.0 Å². The number of benzene rings is 3. The van der Waals surface area contributed by atoms with Crippen LogP contribution in [0.1, 0.15) is 5.56 Å². The van der Waals surface area contributed by atoms with Crippen LogP contribution in [0.15, 0.2) is 77.7 Å². The summed E-state index contributed by atoms with van der Waals surface area (Å²) in [5.41, 5.74) is 2.09. The van der Waals surface area contributed by atoms with Gasteiger partial charge >= 0.3 is 0 Å². The molecule has 0 bridgehead atoms. The molecule has 1 saturated heterocycles. The Labute approximate surface area is 183 Å². The third-order valence-electron chi connectivity index (χ3n) is 5.46. The molecule has 3 aromatic carbocycles. The fraction of sp³-hybridized carbons (Fsp3) is 0.250. The second kappa shape index (κ2) is 8.99. The highest BCUT2D eigenvalue weighted by molar-refractivity contribution is 7.89. The number of para-hydroxylation sites is 1. The average Bonchev–Trinajstić information content (AvgIpc) is 2.81. The van der Waals surface area contributed by atoms with E-state index in [1.54, 1.807) is 35.7 Å². The Morgan fingerprint density at radius 1 is 0.774 bits per heavy atom. The average molecular weight is 439 g/mol. The maximum Gasteiger partial charge on any atom is 0.243 e. The van der Waals surface area contributed by atoms with Crippen molar-refractivity contribution in [3.05, 3.63) is 78.4 Å². The molecular formula is C24H26N2O4S. The summed E-state index contributed by atoms with van der Waals surface area (Å²) in [6.45, 7) is 4.13. The first-order valence-corrected chi connectivity index (χ1v) is 11.6. The number of methoxy groups -OCH3 is 1. The van der Waals surface area contributed by atoms with Crippen LogP contribution < -0.4 is 14.4 Å². The van der Waals surface area contributed by atoms with E-state index in [0.717, 1.165) is 22.7 Å². The van der Waals surface area contributed by atoms with Gasteiger partial charge < -0.3 is 14.4 Å². The molecule has 0 atom stereocenters. The highest BCUT2D eigenvalue weighted by atomic mass is 32.2. The predicted octanol–water partition coefficient (Wildman–Crippen LogP) is 4.31. The lowest BCUT2D eigenvalue weighted by Crippen LogP contribution is -2.48. The Morgan fingerprint density at radius 3 is 2.00 bits per heavy atom. The van der Waals surface area contributed by atoms with E-state index < -0.39 is 10.0 Å². The molecule has 1 aliphatic heterocycles. The summed E-state index contributed by atoms with van der Waals surface area (Å²) in [7, 11) is -1.91. The Hall–Kier alpha value is -3.03. The smallest absolute Gasteiger partial charge is 0.243 e. The van der Waals surface area contributed by atoms with Crippen molar-refractivity contribution in [3.63, 3.8) is 0 Å². The Morgan fingerprint density at radius 2 is 1.39 bits per heavy atom. The van der Waals surface area contributed by atoms with Crippen molar-refractivity contribution in [2.45, 2.75) is 11.8 Å². The van der Waals surface area contributed by atoms with Gasteiger partial charge in [0.15, 0.2) is 0 Å². The van der Waals surface area contributed by atoms with Gasteiger partial charge in [0, 0.05) is 31.9 Å². The number of rotatable bonds is 6. The van der Waals surface area contributed by atoms with E-state index in [4.69, 9.17) is 9.47 Å². The van der Waals surface area contributed by atoms with E-state index >= 15 is 0 Å². The van der Waals surface area contributed by atoms with Crippen molar-refractivity contribution in [2.75, 3.05) is 38.2 Å². The summed E-state index contributed by atoms with van der Waals surface area (Å²) in [5, 5.41) is 0. The molecule has 4 rings (SSSR count). The molecule has 0 N–H and O–H groups in total. The van der Waals surface area contributed by atoms with Crippen molar-refractivity contribution in [1.82, 2.24) is 4.31 Å². The van der Waals surface area contributed by atoms with Crippen molar-refractivity contribution < 1.29 is 17.9 Å². The molecule has 1 aliphatic rings. The van der Waals surface area contributed by atoms with Gasteiger partial charge in [-0.3, -0.25) is 0 Å². The number of ether oxygens (including phenoxy) is 2. The molecule has 0 spiro atoms. The molecule has 0 aliphatic carbocycles. The molecule has 1 fully saturated rings. The number of anilines is 1. The van der Waals surface area contributed by atoms with Crippen molar-refractivity contribution in [3.8, 4) is 17.2 Å². The lowest BCUT2D eigenvalue weighted by Gasteiger charge is -2.35. The highest BCUT2D eigenvalue weighted by Crippen LogP contribution is 2.27. The van der Waals surface area contributed by atoms with Crippen molar-refractivity contribution in [2.24, 2.45) is 0 Å². The molecule has 7 heteroatoms. The van der Waals surface area contributed by atoms with Gasteiger partial charge in [-0.05, 0) is 67.1 Å². The zero-order chi connectivity index (χ0) is 21.8. The van der Waals surface area contributed by atoms with Gasteiger partial charge in [0.1, 0.15) is 17.2 Å². The van der Waals surface area contributed by atoms with Gasteiger partial charge in [0.25, 0.3) is 0 Å². The Balaban J connectivity index is 1.41. The lowest BCUT2D eigenvalue weighted by atomic mass is 10.2. The van der Waals surface area contributed by atoms with Gasteiger partial charge in [-0.2, -0.15) is 4.31 Å². The first kappa shape index (κ1) is 21.2. The Bertz CT molecular complexity index is 1120. The van der Waals surface area contributed by atoms with Gasteiger partial charge in [-0.1, -0.05) is 18.2 Å². The largest absolute Gasteiger partial charge is 0.497 e. The van der Waals surface area contributed by atoms with Crippen LogP contribution in [-0.4, -0.2) is 46.0 Å². The second-order valence-electron chi connectivity index (χ2n) is 7.43. The van der Waals surface area contributed by atoms with Crippen molar-refractivity contribution in [1.29, 1.82) is 0 Å². The van der Waals surface area contributed by atoms with E-state index in [-0.39, 0.29) is 4.90 Å². The standard InChI is InChI=1S/C24H26N2O4S/c1-19-5-3-4-6-24(19)30-22-11-13-23(14-12-22)31(27,28)26-17-15-25(16-18-26)20-7-9-21(29-2)10-8-20/h3-14H,15-18H2,1-2H3. The molecule has 3 aromatic rings. The molecule has 162 valence electrons. The van der Waals surface area contributed by atoms with Crippen LogP contribution in [0.2, 0.25) is 0 Å². The van der Waals surface area contributed by atoms with E-state index in [1.165, 1.54) is 0 Å². The molecule has 0 amide bonds. The van der Waals surface area contributed by atoms with Crippen LogP contribution in [0.5, 0.6) is 17.2 Å². The molecule has 0 saturated carbocycles. The fourth-order valence-electron chi connectivity index (χ4n) is 3.61. The third kappa shape index (κ3) is 4.68. The van der Waals surface area contributed by atoms with Gasteiger partial charge in [0.05, 0.1) is 12.0 Å². The summed E-state index contributed by atoms with van der Waals surface area (Å²) in [5.74, 6) is 2.17. The second-order valence-corrected chi connectivity index (χ2v) is 9.37.